The topological polar surface area (TPSA) is 12.0 Å². The first-order chi connectivity index (χ1) is 9.11. The average Bonchev–Trinajstić information content (AvgIpc) is 2.39. The molecule has 1 N–H and O–H groups in total. The lowest BCUT2D eigenvalue weighted by Gasteiger charge is -2.20. The maximum atomic E-state index is 13.8. The molecule has 2 rings (SSSR count). The molecule has 0 amide bonds. The average molecular weight is 387 g/mol. The largest absolute Gasteiger partial charge is 0.377 e. The number of anilines is 1. The smallest absolute Gasteiger partial charge is 0.128 e. The van der Waals surface area contributed by atoms with Crippen LogP contribution in [0.2, 0.25) is 0 Å². The number of rotatable bonds is 4. The van der Waals surface area contributed by atoms with Gasteiger partial charge in [-0.05, 0) is 46.6 Å². The number of hydrogen-bond donors (Lipinski definition) is 1. The fourth-order valence-corrected chi connectivity index (χ4v) is 3.11. The van der Waals surface area contributed by atoms with Crippen LogP contribution in [0.5, 0.6) is 0 Å². The summed E-state index contributed by atoms with van der Waals surface area (Å²) in [5.41, 5.74) is 1.65. The molecule has 0 saturated carbocycles. The molecule has 0 heterocycles. The van der Waals surface area contributed by atoms with Gasteiger partial charge in [-0.1, -0.05) is 41.1 Å². The first-order valence-electron chi connectivity index (χ1n) is 6.08. The third kappa shape index (κ3) is 3.57. The summed E-state index contributed by atoms with van der Waals surface area (Å²) in [6.45, 7) is 2.04. The van der Waals surface area contributed by atoms with Gasteiger partial charge in [0.2, 0.25) is 0 Å². The summed E-state index contributed by atoms with van der Waals surface area (Å²) in [4.78, 5) is 0. The van der Waals surface area contributed by atoms with Gasteiger partial charge in [0.25, 0.3) is 0 Å². The maximum absolute atomic E-state index is 13.8. The molecule has 100 valence electrons. The van der Waals surface area contributed by atoms with Crippen molar-refractivity contribution in [3.05, 3.63) is 62.8 Å². The quantitative estimate of drug-likeness (QED) is 0.688. The third-order valence-electron chi connectivity index (χ3n) is 2.95. The van der Waals surface area contributed by atoms with E-state index < -0.39 is 0 Å². The fraction of sp³-hybridized carbons (Fsp3) is 0.200. The van der Waals surface area contributed by atoms with Crippen LogP contribution >= 0.6 is 31.9 Å². The minimum atomic E-state index is -0.171. The lowest BCUT2D eigenvalue weighted by Crippen LogP contribution is -2.11. The Morgan fingerprint density at radius 2 is 1.89 bits per heavy atom. The minimum Gasteiger partial charge on any atom is -0.377 e. The van der Waals surface area contributed by atoms with Gasteiger partial charge in [0.1, 0.15) is 5.82 Å². The van der Waals surface area contributed by atoms with Crippen LogP contribution in [-0.2, 0) is 0 Å². The Morgan fingerprint density at radius 1 is 1.16 bits per heavy atom. The zero-order valence-electron chi connectivity index (χ0n) is 10.5. The van der Waals surface area contributed by atoms with Crippen LogP contribution in [0.25, 0.3) is 0 Å². The molecule has 0 aliphatic heterocycles. The second-order valence-electron chi connectivity index (χ2n) is 4.25. The van der Waals surface area contributed by atoms with Crippen molar-refractivity contribution in [2.24, 2.45) is 0 Å². The highest BCUT2D eigenvalue weighted by atomic mass is 79.9. The normalized spacial score (nSPS) is 12.2. The molecule has 1 unspecified atom stereocenters. The van der Waals surface area contributed by atoms with Crippen molar-refractivity contribution < 1.29 is 4.39 Å². The molecular formula is C15H14Br2FN. The Bertz CT molecular complexity index is 572. The van der Waals surface area contributed by atoms with Crippen LogP contribution in [0.1, 0.15) is 24.9 Å². The standard InChI is InChI=1S/C15H14Br2FN/c1-2-14(11-5-3-4-6-13(11)18)19-15-8-7-10(16)9-12(15)17/h3-9,14,19H,2H2,1H3. The molecule has 0 spiro atoms. The lowest BCUT2D eigenvalue weighted by atomic mass is 10.0. The highest BCUT2D eigenvalue weighted by molar-refractivity contribution is 9.11. The third-order valence-corrected chi connectivity index (χ3v) is 4.10. The Hall–Kier alpha value is -0.870. The van der Waals surface area contributed by atoms with Gasteiger partial charge in [0.05, 0.1) is 6.04 Å². The molecule has 2 aromatic carbocycles. The van der Waals surface area contributed by atoms with E-state index in [0.29, 0.717) is 5.56 Å². The van der Waals surface area contributed by atoms with E-state index in [0.717, 1.165) is 21.1 Å². The van der Waals surface area contributed by atoms with Gasteiger partial charge in [-0.15, -0.1) is 0 Å². The molecule has 0 aliphatic rings. The molecule has 4 heteroatoms. The van der Waals surface area contributed by atoms with E-state index in [1.165, 1.54) is 6.07 Å². The summed E-state index contributed by atoms with van der Waals surface area (Å²) >= 11 is 6.93. The number of hydrogen-bond acceptors (Lipinski definition) is 1. The summed E-state index contributed by atoms with van der Waals surface area (Å²) in [5.74, 6) is -0.171. The van der Waals surface area contributed by atoms with E-state index in [9.17, 15) is 4.39 Å². The van der Waals surface area contributed by atoms with Gasteiger partial charge in [-0.2, -0.15) is 0 Å². The van der Waals surface area contributed by atoms with E-state index in [1.807, 2.05) is 37.3 Å². The van der Waals surface area contributed by atoms with Crippen LogP contribution in [0.15, 0.2) is 51.4 Å². The monoisotopic (exact) mass is 385 g/mol. The molecular weight excluding hydrogens is 373 g/mol. The van der Waals surface area contributed by atoms with E-state index in [4.69, 9.17) is 0 Å². The van der Waals surface area contributed by atoms with Crippen molar-refractivity contribution in [1.82, 2.24) is 0 Å². The Kier molecular flexibility index (Phi) is 4.99. The van der Waals surface area contributed by atoms with Crippen molar-refractivity contribution >= 4 is 37.5 Å². The number of nitrogens with one attached hydrogen (secondary N) is 1. The van der Waals surface area contributed by atoms with Gasteiger partial charge in [-0.3, -0.25) is 0 Å². The van der Waals surface area contributed by atoms with Crippen molar-refractivity contribution in [3.63, 3.8) is 0 Å². The van der Waals surface area contributed by atoms with Crippen LogP contribution in [0.4, 0.5) is 10.1 Å². The SMILES string of the molecule is CCC(Nc1ccc(Br)cc1Br)c1ccccc1F. The van der Waals surface area contributed by atoms with Crippen LogP contribution < -0.4 is 5.32 Å². The van der Waals surface area contributed by atoms with Gasteiger partial charge in [-0.25, -0.2) is 4.39 Å². The molecule has 0 radical (unpaired) electrons. The predicted molar refractivity (Wildman–Crippen MR) is 84.9 cm³/mol. The van der Waals surface area contributed by atoms with E-state index in [-0.39, 0.29) is 11.9 Å². The number of halogens is 3. The Balaban J connectivity index is 2.27. The lowest BCUT2D eigenvalue weighted by molar-refractivity contribution is 0.587. The Morgan fingerprint density at radius 3 is 2.53 bits per heavy atom. The molecule has 2 aromatic rings. The second kappa shape index (κ2) is 6.53. The summed E-state index contributed by atoms with van der Waals surface area (Å²) in [6.07, 6.45) is 0.809. The molecule has 0 aromatic heterocycles. The molecule has 19 heavy (non-hydrogen) atoms. The second-order valence-corrected chi connectivity index (χ2v) is 6.02. The van der Waals surface area contributed by atoms with Gasteiger partial charge in [0, 0.05) is 20.2 Å². The molecule has 0 bridgehead atoms. The van der Waals surface area contributed by atoms with Crippen molar-refractivity contribution in [1.29, 1.82) is 0 Å². The van der Waals surface area contributed by atoms with Gasteiger partial charge in [0.15, 0.2) is 0 Å². The number of benzene rings is 2. The van der Waals surface area contributed by atoms with Crippen molar-refractivity contribution in [2.75, 3.05) is 5.32 Å². The maximum Gasteiger partial charge on any atom is 0.128 e. The van der Waals surface area contributed by atoms with Gasteiger partial charge < -0.3 is 5.32 Å². The Labute approximate surface area is 129 Å². The van der Waals surface area contributed by atoms with Gasteiger partial charge >= 0.3 is 0 Å². The molecule has 0 fully saturated rings. The zero-order valence-corrected chi connectivity index (χ0v) is 13.6. The first kappa shape index (κ1) is 14.5. The van der Waals surface area contributed by atoms with Crippen LogP contribution in [0, 0.1) is 5.82 Å². The highest BCUT2D eigenvalue weighted by Crippen LogP contribution is 2.31. The van der Waals surface area contributed by atoms with Crippen LogP contribution in [-0.4, -0.2) is 0 Å². The molecule has 0 saturated heterocycles. The minimum absolute atomic E-state index is 0.0429. The highest BCUT2D eigenvalue weighted by Gasteiger charge is 2.14. The summed E-state index contributed by atoms with van der Waals surface area (Å²) in [7, 11) is 0. The molecule has 1 atom stereocenters. The van der Waals surface area contributed by atoms with E-state index in [1.54, 1.807) is 6.07 Å². The molecule has 0 aliphatic carbocycles. The van der Waals surface area contributed by atoms with Crippen molar-refractivity contribution in [2.45, 2.75) is 19.4 Å². The van der Waals surface area contributed by atoms with E-state index >= 15 is 0 Å². The fourth-order valence-electron chi connectivity index (χ4n) is 1.95. The van der Waals surface area contributed by atoms with Crippen LogP contribution in [0.3, 0.4) is 0 Å². The summed E-state index contributed by atoms with van der Waals surface area (Å²) < 4.78 is 15.8. The summed E-state index contributed by atoms with van der Waals surface area (Å²) in [5, 5.41) is 3.37. The van der Waals surface area contributed by atoms with Crippen molar-refractivity contribution in [3.8, 4) is 0 Å². The van der Waals surface area contributed by atoms with E-state index in [2.05, 4.69) is 37.2 Å². The molecule has 1 nitrogen and oxygen atoms in total. The predicted octanol–water partition coefficient (Wildman–Crippen LogP) is 5.91. The first-order valence-corrected chi connectivity index (χ1v) is 7.66. The zero-order chi connectivity index (χ0) is 13.8. The summed E-state index contributed by atoms with van der Waals surface area (Å²) in [6, 6.07) is 12.7.